The highest BCUT2D eigenvalue weighted by Gasteiger charge is 2.08. The number of pyridine rings is 1. The van der Waals surface area contributed by atoms with E-state index in [2.05, 4.69) is 15.0 Å². The second-order valence-electron chi connectivity index (χ2n) is 4.23. The molecule has 4 nitrogen and oxygen atoms in total. The molecule has 2 aromatic heterocycles. The lowest BCUT2D eigenvalue weighted by Crippen LogP contribution is -1.99. The first-order valence-corrected chi connectivity index (χ1v) is 6.42. The Morgan fingerprint density at radius 1 is 0.900 bits per heavy atom. The summed E-state index contributed by atoms with van der Waals surface area (Å²) in [4.78, 5) is 12.9. The van der Waals surface area contributed by atoms with Crippen molar-refractivity contribution in [2.24, 2.45) is 0 Å². The van der Waals surface area contributed by atoms with Crippen LogP contribution in [0.4, 0.5) is 5.82 Å². The molecule has 20 heavy (non-hydrogen) atoms. The predicted molar refractivity (Wildman–Crippen MR) is 80.1 cm³/mol. The summed E-state index contributed by atoms with van der Waals surface area (Å²) < 4.78 is 0. The Hall–Kier alpha value is -2.46. The Balaban J connectivity index is 2.09. The fraction of sp³-hybridized carbons (Fsp3) is 0. The summed E-state index contributed by atoms with van der Waals surface area (Å²) in [5.41, 5.74) is 8.25. The van der Waals surface area contributed by atoms with Crippen LogP contribution in [0.1, 0.15) is 0 Å². The van der Waals surface area contributed by atoms with Gasteiger partial charge in [0.05, 0.1) is 10.7 Å². The molecule has 0 aliphatic rings. The summed E-state index contributed by atoms with van der Waals surface area (Å²) in [5.74, 6) is 0.895. The molecule has 1 aromatic carbocycles. The fourth-order valence-corrected chi connectivity index (χ4v) is 1.96. The van der Waals surface area contributed by atoms with E-state index in [1.807, 2.05) is 30.3 Å². The Kier molecular flexibility index (Phi) is 3.31. The molecule has 3 aromatic rings. The molecule has 0 atom stereocenters. The third-order valence-corrected chi connectivity index (χ3v) is 3.00. The zero-order chi connectivity index (χ0) is 13.9. The summed E-state index contributed by atoms with van der Waals surface area (Å²) in [7, 11) is 0. The lowest BCUT2D eigenvalue weighted by Gasteiger charge is -2.05. The number of aromatic nitrogens is 3. The van der Waals surface area contributed by atoms with E-state index in [1.165, 1.54) is 0 Å². The third kappa shape index (κ3) is 2.60. The molecule has 0 spiro atoms. The molecule has 3 rings (SSSR count). The van der Waals surface area contributed by atoms with E-state index in [9.17, 15) is 0 Å². The van der Waals surface area contributed by atoms with Crippen LogP contribution in [-0.2, 0) is 0 Å². The van der Waals surface area contributed by atoms with Gasteiger partial charge in [0.25, 0.3) is 0 Å². The van der Waals surface area contributed by atoms with E-state index in [4.69, 9.17) is 17.3 Å². The van der Waals surface area contributed by atoms with Gasteiger partial charge in [-0.15, -0.1) is 0 Å². The molecule has 0 amide bonds. The highest BCUT2D eigenvalue weighted by molar-refractivity contribution is 6.30. The minimum atomic E-state index is 0.408. The molecule has 0 radical (unpaired) electrons. The van der Waals surface area contributed by atoms with Crippen molar-refractivity contribution in [2.75, 3.05) is 5.73 Å². The summed E-state index contributed by atoms with van der Waals surface area (Å²) >= 11 is 5.83. The van der Waals surface area contributed by atoms with Crippen LogP contribution in [0.3, 0.4) is 0 Å². The van der Waals surface area contributed by atoms with Crippen molar-refractivity contribution in [3.05, 3.63) is 59.8 Å². The van der Waals surface area contributed by atoms with Crippen molar-refractivity contribution in [1.82, 2.24) is 15.0 Å². The number of halogens is 1. The number of nitrogens with zero attached hydrogens (tertiary/aromatic N) is 3. The zero-order valence-corrected chi connectivity index (χ0v) is 11.2. The van der Waals surface area contributed by atoms with Crippen LogP contribution in [0, 0.1) is 0 Å². The van der Waals surface area contributed by atoms with Crippen molar-refractivity contribution in [3.63, 3.8) is 0 Å². The van der Waals surface area contributed by atoms with Gasteiger partial charge in [-0.2, -0.15) is 0 Å². The topological polar surface area (TPSA) is 64.7 Å². The Bertz CT molecular complexity index is 727. The van der Waals surface area contributed by atoms with Crippen LogP contribution in [0.15, 0.2) is 54.7 Å². The molecular formula is C15H11ClN4. The molecular weight excluding hydrogens is 272 g/mol. The van der Waals surface area contributed by atoms with E-state index in [0.29, 0.717) is 22.4 Å². The lowest BCUT2D eigenvalue weighted by molar-refractivity contribution is 1.15. The highest BCUT2D eigenvalue weighted by Crippen LogP contribution is 2.22. The molecule has 2 heterocycles. The molecule has 98 valence electrons. The van der Waals surface area contributed by atoms with Crippen LogP contribution >= 0.6 is 11.6 Å². The molecule has 0 bridgehead atoms. The van der Waals surface area contributed by atoms with E-state index >= 15 is 0 Å². The normalized spacial score (nSPS) is 10.4. The van der Waals surface area contributed by atoms with Gasteiger partial charge in [-0.25, -0.2) is 9.97 Å². The van der Waals surface area contributed by atoms with Gasteiger partial charge >= 0.3 is 0 Å². The van der Waals surface area contributed by atoms with Crippen molar-refractivity contribution in [2.45, 2.75) is 0 Å². The highest BCUT2D eigenvalue weighted by atomic mass is 35.5. The van der Waals surface area contributed by atoms with E-state index in [0.717, 1.165) is 11.3 Å². The van der Waals surface area contributed by atoms with Gasteiger partial charge in [0.2, 0.25) is 0 Å². The first-order chi connectivity index (χ1) is 9.72. The predicted octanol–water partition coefficient (Wildman–Crippen LogP) is 3.44. The number of nitrogens with two attached hydrogens (primary N) is 1. The van der Waals surface area contributed by atoms with Gasteiger partial charge in [-0.05, 0) is 12.1 Å². The second kappa shape index (κ2) is 5.27. The number of anilines is 1. The Morgan fingerprint density at radius 3 is 2.40 bits per heavy atom. The van der Waals surface area contributed by atoms with E-state index < -0.39 is 0 Å². The monoisotopic (exact) mass is 282 g/mol. The minimum absolute atomic E-state index is 0.408. The second-order valence-corrected chi connectivity index (χ2v) is 4.67. The van der Waals surface area contributed by atoms with Gasteiger partial charge in [-0.3, -0.25) is 4.98 Å². The molecule has 0 saturated carbocycles. The minimum Gasteiger partial charge on any atom is -0.384 e. The van der Waals surface area contributed by atoms with Crippen LogP contribution in [0.25, 0.3) is 22.8 Å². The van der Waals surface area contributed by atoms with E-state index in [-0.39, 0.29) is 0 Å². The Morgan fingerprint density at radius 2 is 1.70 bits per heavy atom. The summed E-state index contributed by atoms with van der Waals surface area (Å²) in [6.07, 6.45) is 1.56. The molecule has 2 N–H and O–H groups in total. The SMILES string of the molecule is Nc1cc(-c2ccccc2)nc(-c2ccc(Cl)cn2)n1. The summed E-state index contributed by atoms with van der Waals surface area (Å²) in [6, 6.07) is 15.1. The maximum Gasteiger partial charge on any atom is 0.180 e. The van der Waals surface area contributed by atoms with Crippen molar-refractivity contribution < 1.29 is 0 Å². The number of benzene rings is 1. The molecule has 0 aliphatic heterocycles. The van der Waals surface area contributed by atoms with Crippen molar-refractivity contribution >= 4 is 17.4 Å². The standard InChI is InChI=1S/C15H11ClN4/c16-11-6-7-12(18-9-11)15-19-13(8-14(17)20-15)10-4-2-1-3-5-10/h1-9H,(H2,17,19,20). The molecule has 5 heteroatoms. The molecule has 0 unspecified atom stereocenters. The molecule has 0 saturated heterocycles. The Labute approximate surface area is 121 Å². The van der Waals surface area contributed by atoms with Gasteiger partial charge in [0, 0.05) is 17.8 Å². The first kappa shape index (κ1) is 12.6. The average Bonchev–Trinajstić information content (AvgIpc) is 2.48. The summed E-state index contributed by atoms with van der Waals surface area (Å²) in [5, 5.41) is 0.570. The van der Waals surface area contributed by atoms with Gasteiger partial charge in [0.15, 0.2) is 5.82 Å². The van der Waals surface area contributed by atoms with Gasteiger partial charge in [-0.1, -0.05) is 41.9 Å². The van der Waals surface area contributed by atoms with Crippen LogP contribution in [0.5, 0.6) is 0 Å². The molecule has 0 aliphatic carbocycles. The number of rotatable bonds is 2. The summed E-state index contributed by atoms with van der Waals surface area (Å²) in [6.45, 7) is 0. The van der Waals surface area contributed by atoms with Crippen LogP contribution in [-0.4, -0.2) is 15.0 Å². The quantitative estimate of drug-likeness (QED) is 0.782. The fourth-order valence-electron chi connectivity index (χ4n) is 1.85. The first-order valence-electron chi connectivity index (χ1n) is 6.04. The van der Waals surface area contributed by atoms with Gasteiger partial charge in [0.1, 0.15) is 11.5 Å². The third-order valence-electron chi connectivity index (χ3n) is 2.77. The van der Waals surface area contributed by atoms with Crippen LogP contribution < -0.4 is 5.73 Å². The lowest BCUT2D eigenvalue weighted by atomic mass is 10.1. The number of hydrogen-bond acceptors (Lipinski definition) is 4. The maximum atomic E-state index is 5.86. The maximum absolute atomic E-state index is 5.86. The van der Waals surface area contributed by atoms with Crippen LogP contribution in [0.2, 0.25) is 5.02 Å². The number of nitrogen functional groups attached to an aromatic ring is 1. The van der Waals surface area contributed by atoms with E-state index in [1.54, 1.807) is 24.4 Å². The molecule has 0 fully saturated rings. The zero-order valence-electron chi connectivity index (χ0n) is 10.5. The largest absolute Gasteiger partial charge is 0.384 e. The number of hydrogen-bond donors (Lipinski definition) is 1. The van der Waals surface area contributed by atoms with Crippen molar-refractivity contribution in [1.29, 1.82) is 0 Å². The van der Waals surface area contributed by atoms with Crippen molar-refractivity contribution in [3.8, 4) is 22.8 Å². The van der Waals surface area contributed by atoms with Gasteiger partial charge < -0.3 is 5.73 Å². The average molecular weight is 283 g/mol. The smallest absolute Gasteiger partial charge is 0.180 e.